The van der Waals surface area contributed by atoms with Crippen LogP contribution < -0.4 is 18.9 Å². The van der Waals surface area contributed by atoms with E-state index in [4.69, 9.17) is 14.2 Å². The van der Waals surface area contributed by atoms with Gasteiger partial charge in [-0.05, 0) is 114 Å². The molecule has 1 amide bonds. The third-order valence-corrected chi connectivity index (χ3v) is 13.6. The van der Waals surface area contributed by atoms with Gasteiger partial charge in [0.1, 0.15) is 27.0 Å². The standard InChI is InChI=1S/C39H46IN7O10S2/c1-39(2,3)46(38(49)50)24-29(25-48)43-58(51,52)34-20-19-33(40)35(37-41-44-47(42-37)23-28-11-17-32(57-6)18-12-28)36(34)59(53,54)45(21-26-7-13-30(55-4)14-8-26)22-27-9-15-31(56-5)16-10-27/h7-20,29,43,48H,21-25H2,1-6H3,(H,49,50)/t29-/m0/s1. The van der Waals surface area contributed by atoms with Crippen LogP contribution in [0.4, 0.5) is 4.79 Å². The number of aliphatic hydroxyl groups excluding tert-OH is 1. The molecule has 1 atom stereocenters. The highest BCUT2D eigenvalue weighted by molar-refractivity contribution is 14.1. The molecule has 0 aliphatic rings. The molecule has 1 heterocycles. The first-order chi connectivity index (χ1) is 27.9. The van der Waals surface area contributed by atoms with E-state index in [9.17, 15) is 23.4 Å². The summed E-state index contributed by atoms with van der Waals surface area (Å²) in [7, 11) is -5.15. The number of nitrogens with one attached hydrogen (secondary N) is 1. The molecule has 59 heavy (non-hydrogen) atoms. The van der Waals surface area contributed by atoms with Gasteiger partial charge < -0.3 is 29.3 Å². The Morgan fingerprint density at radius 2 is 1.31 bits per heavy atom. The molecule has 5 rings (SSSR count). The van der Waals surface area contributed by atoms with E-state index in [1.807, 2.05) is 22.6 Å². The number of tetrazole rings is 1. The molecule has 0 fully saturated rings. The zero-order valence-corrected chi connectivity index (χ0v) is 37.0. The second kappa shape index (κ2) is 19.0. The fourth-order valence-electron chi connectivity index (χ4n) is 6.02. The molecule has 0 spiro atoms. The molecule has 0 aliphatic heterocycles. The molecule has 0 bridgehead atoms. The normalized spacial score (nSPS) is 12.6. The zero-order valence-electron chi connectivity index (χ0n) is 33.2. The van der Waals surface area contributed by atoms with Crippen LogP contribution >= 0.6 is 22.6 Å². The van der Waals surface area contributed by atoms with Crippen LogP contribution in [-0.4, -0.2) is 109 Å². The Hall–Kier alpha value is -4.87. The van der Waals surface area contributed by atoms with Crippen LogP contribution in [0.5, 0.6) is 17.2 Å². The number of benzene rings is 4. The lowest BCUT2D eigenvalue weighted by atomic mass is 10.1. The molecular weight excluding hydrogens is 918 g/mol. The van der Waals surface area contributed by atoms with Crippen molar-refractivity contribution < 1.29 is 46.1 Å². The average Bonchev–Trinajstić information content (AvgIpc) is 3.66. The lowest BCUT2D eigenvalue weighted by molar-refractivity contribution is 0.0878. The summed E-state index contributed by atoms with van der Waals surface area (Å²) >= 11 is 1.90. The van der Waals surface area contributed by atoms with Crippen molar-refractivity contribution in [2.24, 2.45) is 0 Å². The number of nitrogens with zero attached hydrogens (tertiary/aromatic N) is 6. The van der Waals surface area contributed by atoms with Crippen LogP contribution in [0.1, 0.15) is 37.5 Å². The molecule has 0 saturated heterocycles. The first-order valence-electron chi connectivity index (χ1n) is 18.0. The molecule has 17 nitrogen and oxygen atoms in total. The Kier molecular flexibility index (Phi) is 14.6. The Morgan fingerprint density at radius 3 is 1.75 bits per heavy atom. The Balaban J connectivity index is 1.70. The lowest BCUT2D eigenvalue weighted by Crippen LogP contribution is -2.53. The molecule has 0 radical (unpaired) electrons. The first kappa shape index (κ1) is 45.2. The van der Waals surface area contributed by atoms with Gasteiger partial charge in [0, 0.05) is 28.7 Å². The van der Waals surface area contributed by atoms with Crippen molar-refractivity contribution >= 4 is 48.7 Å². The Labute approximate surface area is 357 Å². The number of hydrogen-bond acceptors (Lipinski definition) is 12. The van der Waals surface area contributed by atoms with Gasteiger partial charge in [0.2, 0.25) is 25.9 Å². The van der Waals surface area contributed by atoms with Gasteiger partial charge in [-0.1, -0.05) is 36.4 Å². The molecule has 0 aliphatic carbocycles. The van der Waals surface area contributed by atoms with E-state index in [0.29, 0.717) is 31.9 Å². The topological polar surface area (TPSA) is 216 Å². The Bertz CT molecular complexity index is 2390. The SMILES string of the molecule is COc1ccc(CN(Cc2ccc(OC)cc2)S(=O)(=O)c2c(S(=O)(=O)N[C@H](CO)CN(C(=O)O)C(C)(C)C)ccc(I)c2-c2nnn(Cc3ccc(OC)cc3)n2)cc1. The molecule has 4 aromatic carbocycles. The third-order valence-electron chi connectivity index (χ3n) is 9.14. The Morgan fingerprint density at radius 1 is 0.814 bits per heavy atom. The van der Waals surface area contributed by atoms with Crippen LogP contribution in [0.3, 0.4) is 0 Å². The van der Waals surface area contributed by atoms with Crippen LogP contribution in [0.25, 0.3) is 11.4 Å². The highest BCUT2D eigenvalue weighted by Crippen LogP contribution is 2.38. The summed E-state index contributed by atoms with van der Waals surface area (Å²) < 4.78 is 79.7. The van der Waals surface area contributed by atoms with Crippen molar-refractivity contribution in [3.8, 4) is 28.6 Å². The van der Waals surface area contributed by atoms with Gasteiger partial charge >= 0.3 is 6.09 Å². The van der Waals surface area contributed by atoms with Crippen molar-refractivity contribution in [1.29, 1.82) is 0 Å². The van der Waals surface area contributed by atoms with Gasteiger partial charge in [0.25, 0.3) is 0 Å². The quantitative estimate of drug-likeness (QED) is 0.101. The van der Waals surface area contributed by atoms with Crippen molar-refractivity contribution in [1.82, 2.24) is 34.1 Å². The number of sulfonamides is 2. The number of aromatic nitrogens is 4. The van der Waals surface area contributed by atoms with E-state index in [-0.39, 0.29) is 31.0 Å². The summed E-state index contributed by atoms with van der Waals surface area (Å²) in [5.41, 5.74) is 0.812. The van der Waals surface area contributed by atoms with Crippen molar-refractivity contribution in [3.05, 3.63) is 105 Å². The number of halogens is 1. The number of hydrogen-bond donors (Lipinski definition) is 3. The number of methoxy groups -OCH3 is 3. The monoisotopic (exact) mass is 963 g/mol. The molecule has 0 saturated carbocycles. The van der Waals surface area contributed by atoms with E-state index in [1.165, 1.54) is 25.1 Å². The summed E-state index contributed by atoms with van der Waals surface area (Å²) in [5.74, 6) is 1.57. The highest BCUT2D eigenvalue weighted by Gasteiger charge is 2.39. The number of carboxylic acid groups (broad SMARTS) is 1. The number of carbonyl (C=O) groups is 1. The smallest absolute Gasteiger partial charge is 0.407 e. The molecule has 0 unspecified atom stereocenters. The summed E-state index contributed by atoms with van der Waals surface area (Å²) in [5, 5.41) is 33.2. The van der Waals surface area contributed by atoms with Gasteiger partial charge in [-0.25, -0.2) is 26.4 Å². The minimum absolute atomic E-state index is 0.133. The minimum atomic E-state index is -4.86. The fraction of sp³-hybridized carbons (Fsp3) is 0.333. The second-order valence-corrected chi connectivity index (χ2v) is 19.0. The maximum atomic E-state index is 15.5. The summed E-state index contributed by atoms with van der Waals surface area (Å²) in [6.45, 7) is 3.34. The third kappa shape index (κ3) is 11.0. The van der Waals surface area contributed by atoms with E-state index >= 15 is 8.42 Å². The van der Waals surface area contributed by atoms with Gasteiger partial charge in [0.05, 0.1) is 46.1 Å². The molecule has 20 heteroatoms. The second-order valence-electron chi connectivity index (χ2n) is 14.3. The molecular formula is C39H46IN7O10S2. The largest absolute Gasteiger partial charge is 0.497 e. The lowest BCUT2D eigenvalue weighted by Gasteiger charge is -2.35. The van der Waals surface area contributed by atoms with E-state index < -0.39 is 60.7 Å². The van der Waals surface area contributed by atoms with Crippen molar-refractivity contribution in [3.63, 3.8) is 0 Å². The molecule has 1 aromatic heterocycles. The van der Waals surface area contributed by atoms with E-state index in [0.717, 1.165) is 20.8 Å². The molecule has 316 valence electrons. The maximum Gasteiger partial charge on any atom is 0.407 e. The minimum Gasteiger partial charge on any atom is -0.497 e. The van der Waals surface area contributed by atoms with Gasteiger partial charge in [-0.2, -0.15) is 9.10 Å². The van der Waals surface area contributed by atoms with E-state index in [2.05, 4.69) is 20.1 Å². The van der Waals surface area contributed by atoms with Crippen LogP contribution in [-0.2, 0) is 39.7 Å². The number of ether oxygens (including phenoxy) is 3. The average molecular weight is 964 g/mol. The number of aliphatic hydroxyl groups is 1. The summed E-state index contributed by atoms with van der Waals surface area (Å²) in [6.07, 6.45) is -1.34. The zero-order chi connectivity index (χ0) is 43.1. The highest BCUT2D eigenvalue weighted by atomic mass is 127. The van der Waals surface area contributed by atoms with Crippen LogP contribution in [0, 0.1) is 3.57 Å². The van der Waals surface area contributed by atoms with Gasteiger partial charge in [0.15, 0.2) is 0 Å². The number of rotatable bonds is 18. The number of amides is 1. The van der Waals surface area contributed by atoms with Gasteiger partial charge in [-0.15, -0.1) is 10.2 Å². The van der Waals surface area contributed by atoms with Gasteiger partial charge in [-0.3, -0.25) is 0 Å². The fourth-order valence-corrected chi connectivity index (χ4v) is 10.5. The predicted octanol–water partition coefficient (Wildman–Crippen LogP) is 4.83. The molecule has 5 aromatic rings. The van der Waals surface area contributed by atoms with Crippen molar-refractivity contribution in [2.75, 3.05) is 34.5 Å². The van der Waals surface area contributed by atoms with E-state index in [1.54, 1.807) is 101 Å². The summed E-state index contributed by atoms with van der Waals surface area (Å²) in [6, 6.07) is 21.9. The maximum absolute atomic E-state index is 15.5. The van der Waals surface area contributed by atoms with Crippen LogP contribution in [0.15, 0.2) is 94.7 Å². The first-order valence-corrected chi connectivity index (χ1v) is 22.0. The predicted molar refractivity (Wildman–Crippen MR) is 226 cm³/mol. The van der Waals surface area contributed by atoms with Crippen LogP contribution in [0.2, 0.25) is 0 Å². The summed E-state index contributed by atoms with van der Waals surface area (Å²) in [4.78, 5) is 13.1. The molecule has 3 N–H and O–H groups in total. The van der Waals surface area contributed by atoms with Crippen molar-refractivity contribution in [2.45, 2.75) is 61.8 Å².